The fourth-order valence-electron chi connectivity index (χ4n) is 5.79. The molecule has 4 unspecified atom stereocenters. The second-order valence-electron chi connectivity index (χ2n) is 9.42. The van der Waals surface area contributed by atoms with Crippen LogP contribution in [0.4, 0.5) is 0 Å². The van der Waals surface area contributed by atoms with Crippen molar-refractivity contribution in [3.05, 3.63) is 12.2 Å². The molecule has 0 aliphatic heterocycles. The average Bonchev–Trinajstić information content (AvgIpc) is 2.42. The van der Waals surface area contributed by atoms with Gasteiger partial charge in [-0.1, -0.05) is 47.1 Å². The molecule has 4 atom stereocenters. The van der Waals surface area contributed by atoms with Crippen molar-refractivity contribution >= 4 is 5.78 Å². The Kier molecular flexibility index (Phi) is 3.43. The molecule has 0 N–H and O–H groups in total. The van der Waals surface area contributed by atoms with Gasteiger partial charge in [0.15, 0.2) is 5.78 Å². The predicted octanol–water partition coefficient (Wildman–Crippen LogP) is 5.40. The molecule has 3 rings (SSSR count). The van der Waals surface area contributed by atoms with Gasteiger partial charge in [-0.15, -0.1) is 0 Å². The normalized spacial score (nSPS) is 44.0. The van der Waals surface area contributed by atoms with E-state index in [2.05, 4.69) is 40.7 Å². The van der Waals surface area contributed by atoms with Crippen molar-refractivity contribution in [3.63, 3.8) is 0 Å². The summed E-state index contributed by atoms with van der Waals surface area (Å²) < 4.78 is 0. The monoisotopic (exact) mass is 288 g/mol. The summed E-state index contributed by atoms with van der Waals surface area (Å²) in [6, 6.07) is 0. The maximum atomic E-state index is 12.8. The molecule has 118 valence electrons. The lowest BCUT2D eigenvalue weighted by Gasteiger charge is -2.59. The molecule has 0 heterocycles. The fraction of sp³-hybridized carbons (Fsp3) is 0.850. The fourth-order valence-corrected chi connectivity index (χ4v) is 5.79. The van der Waals surface area contributed by atoms with Crippen LogP contribution in [-0.4, -0.2) is 5.78 Å². The Morgan fingerprint density at radius 1 is 1.10 bits per heavy atom. The summed E-state index contributed by atoms with van der Waals surface area (Å²) in [6.45, 7) is 11.8. The number of hydrogen-bond donors (Lipinski definition) is 0. The summed E-state index contributed by atoms with van der Waals surface area (Å²) in [5.41, 5.74) is 1.06. The van der Waals surface area contributed by atoms with Crippen molar-refractivity contribution < 1.29 is 4.79 Å². The Morgan fingerprint density at radius 2 is 1.81 bits per heavy atom. The Hall–Kier alpha value is -0.590. The molecule has 0 aromatic rings. The highest BCUT2D eigenvalue weighted by Crippen LogP contribution is 2.63. The van der Waals surface area contributed by atoms with Gasteiger partial charge >= 0.3 is 0 Å². The highest BCUT2D eigenvalue weighted by Gasteiger charge is 2.57. The second-order valence-corrected chi connectivity index (χ2v) is 9.42. The van der Waals surface area contributed by atoms with Crippen LogP contribution in [-0.2, 0) is 4.79 Å². The Balaban J connectivity index is 2.02. The second kappa shape index (κ2) is 4.70. The van der Waals surface area contributed by atoms with E-state index in [9.17, 15) is 4.79 Å². The van der Waals surface area contributed by atoms with Crippen LogP contribution in [0.25, 0.3) is 0 Å². The van der Waals surface area contributed by atoms with Gasteiger partial charge in [0.1, 0.15) is 0 Å². The van der Waals surface area contributed by atoms with Crippen LogP contribution in [0.2, 0.25) is 0 Å². The molecule has 1 nitrogen and oxygen atoms in total. The van der Waals surface area contributed by atoms with E-state index in [0.717, 1.165) is 0 Å². The van der Waals surface area contributed by atoms with Gasteiger partial charge in [-0.25, -0.2) is 0 Å². The van der Waals surface area contributed by atoms with Crippen LogP contribution in [0.1, 0.15) is 73.1 Å². The first-order chi connectivity index (χ1) is 9.71. The number of carbonyl (C=O) groups excluding carboxylic acids is 1. The van der Waals surface area contributed by atoms with Crippen LogP contribution in [0.5, 0.6) is 0 Å². The molecule has 0 aromatic heterocycles. The van der Waals surface area contributed by atoms with E-state index in [4.69, 9.17) is 0 Å². The molecular weight excluding hydrogens is 256 g/mol. The molecule has 0 spiro atoms. The number of allylic oxidation sites excluding steroid dienone is 2. The predicted molar refractivity (Wildman–Crippen MR) is 88.0 cm³/mol. The lowest BCUT2D eigenvalue weighted by molar-refractivity contribution is -0.141. The molecule has 3 aliphatic carbocycles. The quantitative estimate of drug-likeness (QED) is 0.631. The summed E-state index contributed by atoms with van der Waals surface area (Å²) in [7, 11) is 0. The van der Waals surface area contributed by atoms with Crippen LogP contribution in [0.15, 0.2) is 12.2 Å². The molecule has 0 aromatic carbocycles. The lowest BCUT2D eigenvalue weighted by atomic mass is 9.45. The van der Waals surface area contributed by atoms with Crippen molar-refractivity contribution in [1.82, 2.24) is 0 Å². The molecule has 3 aliphatic rings. The highest BCUT2D eigenvalue weighted by atomic mass is 16.1. The van der Waals surface area contributed by atoms with E-state index in [1.807, 2.05) is 6.08 Å². The van der Waals surface area contributed by atoms with E-state index in [1.54, 1.807) is 0 Å². The van der Waals surface area contributed by atoms with Crippen molar-refractivity contribution in [1.29, 1.82) is 0 Å². The molecule has 0 bridgehead atoms. The number of fused-ring (bicyclic) bond motifs is 3. The van der Waals surface area contributed by atoms with Gasteiger partial charge < -0.3 is 0 Å². The topological polar surface area (TPSA) is 17.1 Å². The van der Waals surface area contributed by atoms with Crippen molar-refractivity contribution in [2.75, 3.05) is 0 Å². The van der Waals surface area contributed by atoms with Gasteiger partial charge in [0.2, 0.25) is 0 Å². The zero-order valence-corrected chi connectivity index (χ0v) is 14.5. The van der Waals surface area contributed by atoms with Gasteiger partial charge in [-0.3, -0.25) is 4.79 Å². The van der Waals surface area contributed by atoms with Crippen LogP contribution >= 0.6 is 0 Å². The summed E-state index contributed by atoms with van der Waals surface area (Å²) >= 11 is 0. The largest absolute Gasteiger partial charge is 0.295 e. The van der Waals surface area contributed by atoms with Crippen LogP contribution < -0.4 is 0 Å². The average molecular weight is 288 g/mol. The van der Waals surface area contributed by atoms with Crippen molar-refractivity contribution in [3.8, 4) is 0 Å². The standard InChI is InChI=1S/C20H32O/c1-6-20-10-7-14-17(16(21)8-9-19(14,4)5)15(20)13-18(2,3)11-12-20/h8-9,14-15,17H,6-7,10-13H2,1-5H3. The zero-order chi connectivity index (χ0) is 15.5. The summed E-state index contributed by atoms with van der Waals surface area (Å²) in [4.78, 5) is 12.8. The van der Waals surface area contributed by atoms with Crippen molar-refractivity contribution in [2.24, 2.45) is 34.0 Å². The lowest BCUT2D eigenvalue weighted by Crippen LogP contribution is -2.54. The third-order valence-corrected chi connectivity index (χ3v) is 7.34. The minimum Gasteiger partial charge on any atom is -0.295 e. The third-order valence-electron chi connectivity index (χ3n) is 7.34. The molecular formula is C20H32O. The molecule has 2 fully saturated rings. The van der Waals surface area contributed by atoms with E-state index in [-0.39, 0.29) is 5.41 Å². The van der Waals surface area contributed by atoms with E-state index in [0.29, 0.717) is 34.4 Å². The number of carbonyl (C=O) groups is 1. The van der Waals surface area contributed by atoms with E-state index in [1.165, 1.54) is 38.5 Å². The maximum Gasteiger partial charge on any atom is 0.159 e. The maximum absolute atomic E-state index is 12.8. The summed E-state index contributed by atoms with van der Waals surface area (Å²) in [5.74, 6) is 1.90. The summed E-state index contributed by atoms with van der Waals surface area (Å²) in [5, 5.41) is 0. The molecule has 1 heteroatoms. The van der Waals surface area contributed by atoms with Gasteiger partial charge in [-0.2, -0.15) is 0 Å². The first kappa shape index (κ1) is 15.3. The van der Waals surface area contributed by atoms with E-state index >= 15 is 0 Å². The first-order valence-electron chi connectivity index (χ1n) is 8.94. The molecule has 0 amide bonds. The molecule has 0 saturated heterocycles. The minimum atomic E-state index is 0.195. The van der Waals surface area contributed by atoms with Gasteiger partial charge in [0.25, 0.3) is 0 Å². The highest BCUT2D eigenvalue weighted by molar-refractivity contribution is 5.93. The Morgan fingerprint density at radius 3 is 2.48 bits per heavy atom. The summed E-state index contributed by atoms with van der Waals surface area (Å²) in [6.07, 6.45) is 11.9. The Bertz CT molecular complexity index is 470. The first-order valence-corrected chi connectivity index (χ1v) is 8.94. The smallest absolute Gasteiger partial charge is 0.159 e. The molecule has 21 heavy (non-hydrogen) atoms. The number of ketones is 1. The SMILES string of the molecule is CCC12CCC3C(C(=O)C=CC3(C)C)C1CC(C)(C)CC2. The van der Waals surface area contributed by atoms with Gasteiger partial charge in [0, 0.05) is 5.92 Å². The molecule has 2 saturated carbocycles. The van der Waals surface area contributed by atoms with Crippen LogP contribution in [0.3, 0.4) is 0 Å². The van der Waals surface area contributed by atoms with Gasteiger partial charge in [0.05, 0.1) is 0 Å². The zero-order valence-electron chi connectivity index (χ0n) is 14.5. The third kappa shape index (κ3) is 2.32. The number of rotatable bonds is 1. The van der Waals surface area contributed by atoms with Gasteiger partial charge in [-0.05, 0) is 66.3 Å². The Labute approximate surface area is 130 Å². The molecule has 0 radical (unpaired) electrons. The number of hydrogen-bond acceptors (Lipinski definition) is 1. The van der Waals surface area contributed by atoms with Crippen LogP contribution in [0, 0.1) is 34.0 Å². The van der Waals surface area contributed by atoms with Crippen molar-refractivity contribution in [2.45, 2.75) is 73.1 Å². The minimum absolute atomic E-state index is 0.195. The van der Waals surface area contributed by atoms with E-state index < -0.39 is 0 Å².